The smallest absolute Gasteiger partial charge is 0.0659 e. The summed E-state index contributed by atoms with van der Waals surface area (Å²) >= 11 is 0. The van der Waals surface area contributed by atoms with Crippen LogP contribution in [0.25, 0.3) is 103 Å². The second kappa shape index (κ2) is 18.5. The molecular formula is C60H48N12. The van der Waals surface area contributed by atoms with E-state index in [4.69, 9.17) is 15.0 Å². The molecule has 12 nitrogen and oxygen atoms in total. The van der Waals surface area contributed by atoms with Crippen molar-refractivity contribution < 1.29 is 0 Å². The number of hydrogen-bond acceptors (Lipinski definition) is 6. The third-order valence-electron chi connectivity index (χ3n) is 13.0. The van der Waals surface area contributed by atoms with E-state index in [9.17, 15) is 0 Å². The van der Waals surface area contributed by atoms with Crippen molar-refractivity contribution in [2.75, 3.05) is 0 Å². The highest BCUT2D eigenvalue weighted by atomic mass is 14.8. The normalized spacial score (nSPS) is 13.3. The van der Waals surface area contributed by atoms with Crippen molar-refractivity contribution >= 4 is 103 Å². The number of hydrogen-bond donors (Lipinski definition) is 6. The Morgan fingerprint density at radius 2 is 0.375 bits per heavy atom. The highest BCUT2D eigenvalue weighted by Crippen LogP contribution is 2.21. The van der Waals surface area contributed by atoms with Crippen molar-refractivity contribution in [2.24, 2.45) is 0 Å². The van der Waals surface area contributed by atoms with Crippen molar-refractivity contribution in [3.05, 3.63) is 214 Å². The van der Waals surface area contributed by atoms with Gasteiger partial charge in [0.1, 0.15) is 0 Å². The van der Waals surface area contributed by atoms with Crippen LogP contribution in [-0.4, -0.2) is 59.8 Å². The van der Waals surface area contributed by atoms with Crippen molar-refractivity contribution in [1.29, 1.82) is 0 Å². The van der Waals surface area contributed by atoms with E-state index in [0.717, 1.165) is 173 Å². The van der Waals surface area contributed by atoms with E-state index in [-0.39, 0.29) is 0 Å². The van der Waals surface area contributed by atoms with Gasteiger partial charge in [-0.15, -0.1) is 0 Å². The number of fused-ring (bicyclic) bond motifs is 24. The fourth-order valence-electron chi connectivity index (χ4n) is 9.57. The molecule has 9 aromatic rings. The average molecular weight is 937 g/mol. The summed E-state index contributed by atoms with van der Waals surface area (Å²) in [5.74, 6) is 0. The van der Waals surface area contributed by atoms with Gasteiger partial charge in [-0.1, -0.05) is 0 Å². The van der Waals surface area contributed by atoms with Crippen LogP contribution in [0.3, 0.4) is 0 Å². The molecule has 0 aromatic carbocycles. The molecule has 72 heavy (non-hydrogen) atoms. The van der Waals surface area contributed by atoms with Crippen molar-refractivity contribution in [3.63, 3.8) is 0 Å². The van der Waals surface area contributed by atoms with Crippen LogP contribution in [0, 0.1) is 0 Å². The molecule has 348 valence electrons. The molecule has 15 heterocycles. The maximum atomic E-state index is 4.76. The van der Waals surface area contributed by atoms with Crippen LogP contribution in [0.15, 0.2) is 146 Å². The highest BCUT2D eigenvalue weighted by Gasteiger charge is 2.10. The van der Waals surface area contributed by atoms with Crippen LogP contribution in [0.4, 0.5) is 0 Å². The fourth-order valence-corrected chi connectivity index (χ4v) is 9.57. The van der Waals surface area contributed by atoms with E-state index in [2.05, 4.69) is 172 Å². The van der Waals surface area contributed by atoms with E-state index in [1.54, 1.807) is 0 Å². The number of rotatable bonds is 0. The summed E-state index contributed by atoms with van der Waals surface area (Å²) in [5, 5.41) is 0. The highest BCUT2D eigenvalue weighted by molar-refractivity contribution is 5.78. The number of nitrogens with zero attached hydrogens (tertiary/aromatic N) is 6. The van der Waals surface area contributed by atoms with Crippen LogP contribution in [0.2, 0.25) is 0 Å². The van der Waals surface area contributed by atoms with Crippen LogP contribution >= 0.6 is 0 Å². The van der Waals surface area contributed by atoms with E-state index >= 15 is 0 Å². The number of nitrogens with one attached hydrogen (secondary N) is 6. The van der Waals surface area contributed by atoms with Gasteiger partial charge in [0.25, 0.3) is 0 Å². The molecular weight excluding hydrogens is 889 g/mol. The first-order chi connectivity index (χ1) is 35.4. The van der Waals surface area contributed by atoms with Crippen LogP contribution < -0.4 is 0 Å². The van der Waals surface area contributed by atoms with E-state index in [1.807, 2.05) is 54.7 Å². The van der Waals surface area contributed by atoms with Crippen LogP contribution in [0.5, 0.6) is 0 Å². The van der Waals surface area contributed by atoms with Gasteiger partial charge in [0, 0.05) is 100 Å². The molecule has 0 fully saturated rings. The topological polar surface area (TPSA) is 172 Å². The lowest BCUT2D eigenvalue weighted by Crippen LogP contribution is -1.78. The molecule has 6 N–H and O–H groups in total. The molecule has 0 saturated heterocycles. The first-order valence-electron chi connectivity index (χ1n) is 24.4. The van der Waals surface area contributed by atoms with Crippen LogP contribution in [0.1, 0.15) is 68.3 Å². The van der Waals surface area contributed by atoms with Gasteiger partial charge < -0.3 is 29.9 Å². The molecule has 15 rings (SSSR count). The zero-order chi connectivity index (χ0) is 47.8. The van der Waals surface area contributed by atoms with Gasteiger partial charge in [0.05, 0.1) is 34.2 Å². The maximum absolute atomic E-state index is 4.76. The summed E-state index contributed by atoms with van der Waals surface area (Å²) in [6, 6.07) is 50.1. The molecule has 0 amide bonds. The summed E-state index contributed by atoms with van der Waals surface area (Å²) in [6.45, 7) is 0. The lowest BCUT2D eigenvalue weighted by atomic mass is 10.2. The first kappa shape index (κ1) is 42.7. The van der Waals surface area contributed by atoms with Gasteiger partial charge in [0.15, 0.2) is 0 Å². The van der Waals surface area contributed by atoms with Crippen molar-refractivity contribution in [1.82, 2.24) is 59.8 Å². The molecule has 6 aliphatic rings. The zero-order valence-corrected chi connectivity index (χ0v) is 39.2. The molecule has 0 aliphatic carbocycles. The fraction of sp³-hybridized carbons (Fsp3) is 0.100. The molecule has 0 saturated carbocycles. The predicted octanol–water partition coefficient (Wildman–Crippen LogP) is 12.8. The monoisotopic (exact) mass is 936 g/mol. The lowest BCUT2D eigenvalue weighted by molar-refractivity contribution is 1.02. The Hall–Kier alpha value is -9.42. The van der Waals surface area contributed by atoms with Crippen molar-refractivity contribution in [2.45, 2.75) is 38.5 Å². The third kappa shape index (κ3) is 10.0. The van der Waals surface area contributed by atoms with Gasteiger partial charge in [-0.2, -0.15) is 0 Å². The summed E-state index contributed by atoms with van der Waals surface area (Å²) in [4.78, 5) is 48.6. The van der Waals surface area contributed by atoms with Crippen molar-refractivity contribution in [3.8, 4) is 0 Å². The van der Waals surface area contributed by atoms with Gasteiger partial charge in [0.2, 0.25) is 0 Å². The zero-order valence-electron chi connectivity index (χ0n) is 39.2. The number of aromatic amines is 6. The van der Waals surface area contributed by atoms with E-state index < -0.39 is 0 Å². The summed E-state index contributed by atoms with van der Waals surface area (Å²) in [6.07, 6.45) is 18.1. The molecule has 0 spiro atoms. The SMILES string of the molecule is C1=Cc2cc3ccc(cc4ccc(cc5nc(cc1n2)C=C5)[nH]4)[nH]3.C1=Cc2cc3ccc(cc4nc(cc5ccc(cc1n2)[nH]5)CC4)[nH]3.c1cc2cc3nc(cc4ccc(cc5nc(cc1[nH]2)CC5)[nH]4)CC3. The minimum absolute atomic E-state index is 0.915. The Kier molecular flexibility index (Phi) is 11.0. The molecule has 6 aliphatic heterocycles. The summed E-state index contributed by atoms with van der Waals surface area (Å²) in [5.41, 5.74) is 25.2. The van der Waals surface area contributed by atoms with Gasteiger partial charge in [-0.25, -0.2) is 15.0 Å². The first-order valence-corrected chi connectivity index (χ1v) is 24.4. The minimum atomic E-state index is 0.915. The Labute approximate surface area is 413 Å². The summed E-state index contributed by atoms with van der Waals surface area (Å²) in [7, 11) is 0. The van der Waals surface area contributed by atoms with Gasteiger partial charge >= 0.3 is 0 Å². The number of aryl methyl sites for hydroxylation is 6. The molecule has 0 atom stereocenters. The van der Waals surface area contributed by atoms with Gasteiger partial charge in [-0.05, 0) is 221 Å². The number of H-pyrrole nitrogens is 6. The Balaban J connectivity index is 0.000000105. The second-order valence-electron chi connectivity index (χ2n) is 18.6. The average Bonchev–Trinajstić information content (AvgIpc) is 4.18. The van der Waals surface area contributed by atoms with E-state index in [0.29, 0.717) is 0 Å². The predicted molar refractivity (Wildman–Crippen MR) is 292 cm³/mol. The maximum Gasteiger partial charge on any atom is 0.0659 e. The van der Waals surface area contributed by atoms with Gasteiger partial charge in [-0.3, -0.25) is 15.0 Å². The second-order valence-corrected chi connectivity index (χ2v) is 18.6. The Morgan fingerprint density at radius 3 is 0.597 bits per heavy atom. The van der Waals surface area contributed by atoms with Crippen LogP contribution in [-0.2, 0) is 38.5 Å². The molecule has 0 unspecified atom stereocenters. The molecule has 0 radical (unpaired) electrons. The standard InChI is InChI=1S/C20H18N4.C20H16N4.C20H14N4/c3*1-2-14-10-16-5-6-18(23-16)12-20-8-7-19(24-20)11-17-4-3-15(22-17)9-13(1)21-14/h1-2,7-12,21,24H,3-6H2;1-6,9-12,22-23H,7-8H2;1-12,21-22H. The minimum Gasteiger partial charge on any atom is -0.355 e. The third-order valence-corrected chi connectivity index (χ3v) is 13.0. The Morgan fingerprint density at radius 1 is 0.194 bits per heavy atom. The number of aromatic nitrogens is 12. The largest absolute Gasteiger partial charge is 0.355 e. The Bertz CT molecular complexity index is 3870. The summed E-state index contributed by atoms with van der Waals surface area (Å²) < 4.78 is 0. The van der Waals surface area contributed by atoms with E-state index in [1.165, 1.54) is 0 Å². The molecule has 12 heteroatoms. The molecule has 24 bridgehead atoms. The molecule has 9 aromatic heterocycles. The quantitative estimate of drug-likeness (QED) is 0.0883. The lowest BCUT2D eigenvalue weighted by Gasteiger charge is -1.86.